The topological polar surface area (TPSA) is 130 Å². The summed E-state index contributed by atoms with van der Waals surface area (Å²) in [6, 6.07) is 7.42. The van der Waals surface area contributed by atoms with Crippen LogP contribution in [0.2, 0.25) is 5.02 Å². The van der Waals surface area contributed by atoms with Crippen LogP contribution in [-0.4, -0.2) is 35.7 Å². The number of aromatic nitrogens is 1. The molecule has 3 N–H and O–H groups in total. The van der Waals surface area contributed by atoms with Crippen molar-refractivity contribution in [2.75, 3.05) is 24.4 Å². The van der Waals surface area contributed by atoms with Crippen LogP contribution in [0.15, 0.2) is 35.1 Å². The van der Waals surface area contributed by atoms with Crippen molar-refractivity contribution in [3.8, 4) is 0 Å². The lowest BCUT2D eigenvalue weighted by molar-refractivity contribution is -0.116. The summed E-state index contributed by atoms with van der Waals surface area (Å²) in [6.45, 7) is 3.19. The van der Waals surface area contributed by atoms with E-state index < -0.39 is 29.2 Å². The van der Waals surface area contributed by atoms with Gasteiger partial charge in [-0.15, -0.1) is 0 Å². The highest BCUT2D eigenvalue weighted by Gasteiger charge is 2.26. The fraction of sp³-hybridized carbons (Fsp3) is 0.263. The Bertz CT molecular complexity index is 985. The molecule has 2 aromatic rings. The van der Waals surface area contributed by atoms with Crippen LogP contribution in [0.4, 0.5) is 5.82 Å². The van der Waals surface area contributed by atoms with E-state index in [0.29, 0.717) is 15.3 Å². The highest BCUT2D eigenvalue weighted by atomic mass is 35.5. The highest BCUT2D eigenvalue weighted by molar-refractivity contribution is 6.30. The van der Waals surface area contributed by atoms with Gasteiger partial charge in [-0.3, -0.25) is 15.0 Å². The Morgan fingerprint density at radius 2 is 1.66 bits per heavy atom. The van der Waals surface area contributed by atoms with Crippen LogP contribution < -0.4 is 16.7 Å². The number of anilines is 1. The molecule has 0 atom stereocenters. The summed E-state index contributed by atoms with van der Waals surface area (Å²) in [5.41, 5.74) is 7.39. The average Bonchev–Trinajstić information content (AvgIpc) is 2.66. The molecule has 0 spiro atoms. The predicted molar refractivity (Wildman–Crippen MR) is 107 cm³/mol. The summed E-state index contributed by atoms with van der Waals surface area (Å²) in [4.78, 5) is 49.2. The standard InChI is InChI=1S/C19H20ClN3O6/c1-3-28-18(26)13-10-15(25)23(17(21)16(13)19(27)29-4-2)22-14(24)9-11-5-7-12(20)8-6-11/h5-8,10H,3-4,9,21H2,1-2H3,(H,22,24). The van der Waals surface area contributed by atoms with Crippen molar-refractivity contribution in [3.63, 3.8) is 0 Å². The molecule has 1 heterocycles. The molecule has 1 aromatic carbocycles. The minimum absolute atomic E-state index is 0.0165. The Kier molecular flexibility index (Phi) is 7.38. The molecule has 10 heteroatoms. The maximum absolute atomic E-state index is 12.4. The number of amides is 1. The van der Waals surface area contributed by atoms with Crippen LogP contribution in [0.25, 0.3) is 0 Å². The number of hydrogen-bond donors (Lipinski definition) is 2. The third-order valence-corrected chi connectivity index (χ3v) is 4.00. The van der Waals surface area contributed by atoms with E-state index >= 15 is 0 Å². The fourth-order valence-electron chi connectivity index (χ4n) is 2.48. The van der Waals surface area contributed by atoms with Gasteiger partial charge in [0.2, 0.25) is 5.91 Å². The third kappa shape index (κ3) is 5.35. The summed E-state index contributed by atoms with van der Waals surface area (Å²) in [5.74, 6) is -2.84. The molecule has 154 valence electrons. The normalized spacial score (nSPS) is 10.3. The number of pyridine rings is 1. The molecule has 0 bridgehead atoms. The number of nitrogens with one attached hydrogen (secondary N) is 1. The van der Waals surface area contributed by atoms with Crippen molar-refractivity contribution in [1.29, 1.82) is 0 Å². The van der Waals surface area contributed by atoms with Crippen molar-refractivity contribution in [3.05, 3.63) is 62.4 Å². The summed E-state index contributed by atoms with van der Waals surface area (Å²) >= 11 is 5.81. The summed E-state index contributed by atoms with van der Waals surface area (Å²) in [7, 11) is 0. The van der Waals surface area contributed by atoms with Gasteiger partial charge in [-0.2, -0.15) is 0 Å². The van der Waals surface area contributed by atoms with Gasteiger partial charge in [0.05, 0.1) is 25.2 Å². The first-order chi connectivity index (χ1) is 13.8. The molecule has 9 nitrogen and oxygen atoms in total. The van der Waals surface area contributed by atoms with Crippen LogP contribution in [-0.2, 0) is 20.7 Å². The van der Waals surface area contributed by atoms with Crippen molar-refractivity contribution >= 4 is 35.3 Å². The first-order valence-electron chi connectivity index (χ1n) is 8.72. The van der Waals surface area contributed by atoms with Crippen LogP contribution in [0.1, 0.15) is 40.1 Å². The fourth-order valence-corrected chi connectivity index (χ4v) is 2.61. The smallest absolute Gasteiger partial charge is 0.342 e. The van der Waals surface area contributed by atoms with Crippen molar-refractivity contribution in [2.24, 2.45) is 0 Å². The molecule has 1 aromatic heterocycles. The number of esters is 2. The van der Waals surface area contributed by atoms with Crippen LogP contribution in [0.3, 0.4) is 0 Å². The minimum atomic E-state index is -0.922. The monoisotopic (exact) mass is 421 g/mol. The van der Waals surface area contributed by atoms with E-state index in [9.17, 15) is 19.2 Å². The maximum Gasteiger partial charge on any atom is 0.342 e. The van der Waals surface area contributed by atoms with Gasteiger partial charge in [-0.25, -0.2) is 14.3 Å². The third-order valence-electron chi connectivity index (χ3n) is 3.74. The van der Waals surface area contributed by atoms with E-state index in [-0.39, 0.29) is 30.8 Å². The Morgan fingerprint density at radius 3 is 2.24 bits per heavy atom. The van der Waals surface area contributed by atoms with E-state index in [0.717, 1.165) is 6.07 Å². The first-order valence-corrected chi connectivity index (χ1v) is 9.10. The van der Waals surface area contributed by atoms with Crippen LogP contribution in [0.5, 0.6) is 0 Å². The zero-order valence-corrected chi connectivity index (χ0v) is 16.6. The van der Waals surface area contributed by atoms with E-state index in [1.165, 1.54) is 0 Å². The lowest BCUT2D eigenvalue weighted by Crippen LogP contribution is -2.37. The van der Waals surface area contributed by atoms with Crippen molar-refractivity contribution < 1.29 is 23.9 Å². The second-order valence-electron chi connectivity index (χ2n) is 5.77. The van der Waals surface area contributed by atoms with E-state index in [4.69, 9.17) is 26.8 Å². The van der Waals surface area contributed by atoms with Gasteiger partial charge in [0.15, 0.2) is 0 Å². The molecule has 0 fully saturated rings. The van der Waals surface area contributed by atoms with Gasteiger partial charge in [0, 0.05) is 11.1 Å². The number of benzene rings is 1. The van der Waals surface area contributed by atoms with Crippen molar-refractivity contribution in [1.82, 2.24) is 4.68 Å². The molecular formula is C19H20ClN3O6. The lowest BCUT2D eigenvalue weighted by Gasteiger charge is -2.16. The number of rotatable bonds is 7. The number of nitrogens with two attached hydrogens (primary N) is 1. The summed E-state index contributed by atoms with van der Waals surface area (Å²) in [5, 5.41) is 0.517. The number of ether oxygens (including phenoxy) is 2. The zero-order valence-electron chi connectivity index (χ0n) is 15.9. The Hall–Kier alpha value is -3.33. The Labute approximate surface area is 171 Å². The zero-order chi connectivity index (χ0) is 21.6. The van der Waals surface area contributed by atoms with Crippen LogP contribution >= 0.6 is 11.6 Å². The molecule has 0 saturated carbocycles. The molecule has 29 heavy (non-hydrogen) atoms. The van der Waals surface area contributed by atoms with E-state index in [2.05, 4.69) is 5.43 Å². The minimum Gasteiger partial charge on any atom is -0.462 e. The average molecular weight is 422 g/mol. The lowest BCUT2D eigenvalue weighted by atomic mass is 10.1. The quantitative estimate of drug-likeness (QED) is 0.651. The largest absolute Gasteiger partial charge is 0.462 e. The second kappa shape index (κ2) is 9.74. The molecule has 0 aliphatic rings. The molecule has 0 aliphatic carbocycles. The van der Waals surface area contributed by atoms with Gasteiger partial charge >= 0.3 is 11.9 Å². The SMILES string of the molecule is CCOC(=O)c1cc(=O)n(NC(=O)Cc2ccc(Cl)cc2)c(N)c1C(=O)OCC. The number of nitrogen functional groups attached to an aromatic ring is 1. The summed E-state index contributed by atoms with van der Waals surface area (Å²) in [6.07, 6.45) is -0.0720. The van der Waals surface area contributed by atoms with Crippen LogP contribution in [0, 0.1) is 0 Å². The molecule has 0 aliphatic heterocycles. The van der Waals surface area contributed by atoms with Gasteiger partial charge in [-0.05, 0) is 31.5 Å². The molecular weight excluding hydrogens is 402 g/mol. The van der Waals surface area contributed by atoms with Crippen molar-refractivity contribution in [2.45, 2.75) is 20.3 Å². The van der Waals surface area contributed by atoms with Gasteiger partial charge in [0.1, 0.15) is 11.4 Å². The number of hydrogen-bond acceptors (Lipinski definition) is 7. The number of nitrogens with zero attached hydrogens (tertiary/aromatic N) is 1. The number of halogens is 1. The molecule has 0 unspecified atom stereocenters. The molecule has 1 amide bonds. The molecule has 0 radical (unpaired) electrons. The predicted octanol–water partition coefficient (Wildman–Crippen LogP) is 1.75. The second-order valence-corrected chi connectivity index (χ2v) is 6.21. The van der Waals surface area contributed by atoms with Gasteiger partial charge < -0.3 is 15.2 Å². The Morgan fingerprint density at radius 1 is 1.07 bits per heavy atom. The number of carbonyl (C=O) groups excluding carboxylic acids is 3. The maximum atomic E-state index is 12.4. The number of carbonyl (C=O) groups is 3. The van der Waals surface area contributed by atoms with Gasteiger partial charge in [-0.1, -0.05) is 23.7 Å². The Balaban J connectivity index is 2.41. The first kappa shape index (κ1) is 22.0. The van der Waals surface area contributed by atoms with Gasteiger partial charge in [0.25, 0.3) is 5.56 Å². The molecule has 0 saturated heterocycles. The summed E-state index contributed by atoms with van der Waals surface area (Å²) < 4.78 is 10.5. The van der Waals surface area contributed by atoms with E-state index in [1.54, 1.807) is 38.1 Å². The molecule has 2 rings (SSSR count). The highest BCUT2D eigenvalue weighted by Crippen LogP contribution is 2.18. The van der Waals surface area contributed by atoms with E-state index in [1.807, 2.05) is 0 Å².